The number of allylic oxidation sites excluding steroid dienone is 1. The third kappa shape index (κ3) is 3.32. The molecule has 0 saturated carbocycles. The SMILES string of the molecule is CCN1C(=O)C(c2ccccc2)=C(C)OC1C(C)c1cccc(C)c1. The second-order valence-electron chi connectivity index (χ2n) is 6.60. The maximum absolute atomic E-state index is 13.2. The van der Waals surface area contributed by atoms with E-state index in [1.807, 2.05) is 49.1 Å². The van der Waals surface area contributed by atoms with Gasteiger partial charge in [0.15, 0.2) is 6.23 Å². The van der Waals surface area contributed by atoms with Crippen molar-refractivity contribution in [1.82, 2.24) is 4.90 Å². The molecule has 130 valence electrons. The van der Waals surface area contributed by atoms with E-state index in [9.17, 15) is 4.79 Å². The van der Waals surface area contributed by atoms with Gasteiger partial charge in [-0.1, -0.05) is 67.1 Å². The van der Waals surface area contributed by atoms with Crippen LogP contribution < -0.4 is 0 Å². The van der Waals surface area contributed by atoms with Gasteiger partial charge in [-0.3, -0.25) is 4.79 Å². The fourth-order valence-electron chi connectivity index (χ4n) is 3.46. The molecule has 3 rings (SSSR count). The standard InChI is InChI=1S/C22H25NO2/c1-5-23-21(24)20(18-11-7-6-8-12-18)17(4)25-22(23)16(3)19-13-9-10-15(2)14-19/h6-14,16,22H,5H2,1-4H3. The van der Waals surface area contributed by atoms with Crippen molar-refractivity contribution >= 4 is 11.5 Å². The van der Waals surface area contributed by atoms with Crippen molar-refractivity contribution in [3.63, 3.8) is 0 Å². The Hall–Kier alpha value is -2.55. The molecule has 1 aliphatic heterocycles. The minimum absolute atomic E-state index is 0.0435. The molecule has 0 fully saturated rings. The molecule has 2 unspecified atom stereocenters. The van der Waals surface area contributed by atoms with Gasteiger partial charge in [-0.15, -0.1) is 0 Å². The molecule has 25 heavy (non-hydrogen) atoms. The van der Waals surface area contributed by atoms with E-state index in [0.717, 1.165) is 5.56 Å². The van der Waals surface area contributed by atoms with Gasteiger partial charge in [-0.25, -0.2) is 0 Å². The number of aryl methyl sites for hydroxylation is 1. The normalized spacial score (nSPS) is 19.0. The van der Waals surface area contributed by atoms with Crippen LogP contribution in [-0.2, 0) is 9.53 Å². The van der Waals surface area contributed by atoms with Gasteiger partial charge in [0.25, 0.3) is 5.91 Å². The first kappa shape index (κ1) is 17.3. The lowest BCUT2D eigenvalue weighted by molar-refractivity contribution is -0.141. The summed E-state index contributed by atoms with van der Waals surface area (Å²) in [4.78, 5) is 15.0. The molecule has 0 bridgehead atoms. The third-order valence-electron chi connectivity index (χ3n) is 4.83. The van der Waals surface area contributed by atoms with Crippen molar-refractivity contribution < 1.29 is 9.53 Å². The Morgan fingerprint density at radius 1 is 1.08 bits per heavy atom. The van der Waals surface area contributed by atoms with Crippen LogP contribution in [0.5, 0.6) is 0 Å². The van der Waals surface area contributed by atoms with Gasteiger partial charge >= 0.3 is 0 Å². The molecular weight excluding hydrogens is 310 g/mol. The minimum atomic E-state index is -0.285. The predicted octanol–water partition coefficient (Wildman–Crippen LogP) is 4.73. The summed E-state index contributed by atoms with van der Waals surface area (Å²) in [6, 6.07) is 18.2. The Morgan fingerprint density at radius 2 is 1.80 bits per heavy atom. The summed E-state index contributed by atoms with van der Waals surface area (Å²) >= 11 is 0. The first-order chi connectivity index (χ1) is 12.0. The number of nitrogens with zero attached hydrogens (tertiary/aromatic N) is 1. The van der Waals surface area contributed by atoms with Gasteiger partial charge in [0.1, 0.15) is 5.76 Å². The molecule has 0 aliphatic carbocycles. The Morgan fingerprint density at radius 3 is 2.44 bits per heavy atom. The zero-order valence-electron chi connectivity index (χ0n) is 15.3. The molecule has 1 amide bonds. The molecule has 0 aromatic heterocycles. The number of hydrogen-bond donors (Lipinski definition) is 0. The number of ether oxygens (including phenoxy) is 1. The van der Waals surface area contributed by atoms with Crippen LogP contribution in [0.25, 0.3) is 5.57 Å². The van der Waals surface area contributed by atoms with E-state index in [1.54, 1.807) is 0 Å². The summed E-state index contributed by atoms with van der Waals surface area (Å²) < 4.78 is 6.27. The summed E-state index contributed by atoms with van der Waals surface area (Å²) in [5, 5.41) is 0. The fraction of sp³-hybridized carbons (Fsp3) is 0.318. The van der Waals surface area contributed by atoms with Crippen LogP contribution in [0.2, 0.25) is 0 Å². The highest BCUT2D eigenvalue weighted by Crippen LogP contribution is 2.35. The van der Waals surface area contributed by atoms with E-state index in [2.05, 4.69) is 38.1 Å². The van der Waals surface area contributed by atoms with Crippen LogP contribution in [0.4, 0.5) is 0 Å². The lowest BCUT2D eigenvalue weighted by Gasteiger charge is -2.40. The van der Waals surface area contributed by atoms with Crippen molar-refractivity contribution in [3.05, 3.63) is 77.0 Å². The van der Waals surface area contributed by atoms with Gasteiger partial charge in [0.05, 0.1) is 5.57 Å². The molecule has 1 heterocycles. The minimum Gasteiger partial charge on any atom is -0.474 e. The highest BCUT2D eigenvalue weighted by molar-refractivity contribution is 6.20. The van der Waals surface area contributed by atoms with Crippen molar-refractivity contribution in [1.29, 1.82) is 0 Å². The van der Waals surface area contributed by atoms with Crippen molar-refractivity contribution in [2.45, 2.75) is 39.8 Å². The molecule has 0 spiro atoms. The van der Waals surface area contributed by atoms with Crippen LogP contribution >= 0.6 is 0 Å². The highest BCUT2D eigenvalue weighted by Gasteiger charge is 2.37. The van der Waals surface area contributed by atoms with E-state index < -0.39 is 0 Å². The number of carbonyl (C=O) groups excluding carboxylic acids is 1. The number of rotatable bonds is 4. The predicted molar refractivity (Wildman–Crippen MR) is 101 cm³/mol. The van der Waals surface area contributed by atoms with E-state index >= 15 is 0 Å². The van der Waals surface area contributed by atoms with Crippen LogP contribution in [0.3, 0.4) is 0 Å². The summed E-state index contributed by atoms with van der Waals surface area (Å²) in [5.74, 6) is 0.837. The zero-order valence-corrected chi connectivity index (χ0v) is 15.3. The molecule has 1 aliphatic rings. The van der Waals surface area contributed by atoms with E-state index in [0.29, 0.717) is 17.9 Å². The molecule has 2 atom stereocenters. The Kier molecular flexibility index (Phi) is 4.93. The van der Waals surface area contributed by atoms with Gasteiger partial charge in [0, 0.05) is 12.5 Å². The Labute approximate surface area is 149 Å². The maximum atomic E-state index is 13.2. The first-order valence-electron chi connectivity index (χ1n) is 8.83. The monoisotopic (exact) mass is 335 g/mol. The quantitative estimate of drug-likeness (QED) is 0.808. The first-order valence-corrected chi connectivity index (χ1v) is 8.83. The second kappa shape index (κ2) is 7.14. The average molecular weight is 335 g/mol. The number of amides is 1. The van der Waals surface area contributed by atoms with Crippen molar-refractivity contribution in [2.24, 2.45) is 0 Å². The maximum Gasteiger partial charge on any atom is 0.260 e. The molecule has 0 radical (unpaired) electrons. The summed E-state index contributed by atoms with van der Waals surface area (Å²) in [6.45, 7) is 8.71. The lowest BCUT2D eigenvalue weighted by atomic mass is 9.94. The number of carbonyl (C=O) groups is 1. The highest BCUT2D eigenvalue weighted by atomic mass is 16.5. The zero-order chi connectivity index (χ0) is 18.0. The smallest absolute Gasteiger partial charge is 0.260 e. The van der Waals surface area contributed by atoms with Crippen LogP contribution in [0.1, 0.15) is 43.4 Å². The molecule has 0 saturated heterocycles. The number of hydrogen-bond acceptors (Lipinski definition) is 2. The molecule has 2 aromatic rings. The van der Waals surface area contributed by atoms with Crippen LogP contribution in [0.15, 0.2) is 60.4 Å². The molecular formula is C22H25NO2. The van der Waals surface area contributed by atoms with E-state index in [-0.39, 0.29) is 18.1 Å². The van der Waals surface area contributed by atoms with E-state index in [1.165, 1.54) is 11.1 Å². The second-order valence-corrected chi connectivity index (χ2v) is 6.60. The van der Waals surface area contributed by atoms with Gasteiger partial charge in [-0.05, 0) is 31.9 Å². The summed E-state index contributed by atoms with van der Waals surface area (Å²) in [7, 11) is 0. The van der Waals surface area contributed by atoms with Gasteiger partial charge < -0.3 is 9.64 Å². The third-order valence-corrected chi connectivity index (χ3v) is 4.83. The lowest BCUT2D eigenvalue weighted by Crippen LogP contribution is -2.48. The average Bonchev–Trinajstić information content (AvgIpc) is 2.61. The van der Waals surface area contributed by atoms with Crippen molar-refractivity contribution in [3.8, 4) is 0 Å². The summed E-state index contributed by atoms with van der Waals surface area (Å²) in [5.41, 5.74) is 3.97. The van der Waals surface area contributed by atoms with Crippen LogP contribution in [0, 0.1) is 6.92 Å². The molecule has 0 N–H and O–H groups in total. The van der Waals surface area contributed by atoms with E-state index in [4.69, 9.17) is 4.74 Å². The largest absolute Gasteiger partial charge is 0.474 e. The Bertz CT molecular complexity index is 795. The molecule has 2 aromatic carbocycles. The number of likely N-dealkylation sites (N-methyl/N-ethyl adjacent to an activating group) is 1. The fourth-order valence-corrected chi connectivity index (χ4v) is 3.46. The van der Waals surface area contributed by atoms with Gasteiger partial charge in [-0.2, -0.15) is 0 Å². The summed E-state index contributed by atoms with van der Waals surface area (Å²) in [6.07, 6.45) is -0.285. The van der Waals surface area contributed by atoms with Crippen molar-refractivity contribution in [2.75, 3.05) is 6.54 Å². The Balaban J connectivity index is 1.98. The topological polar surface area (TPSA) is 29.5 Å². The molecule has 3 nitrogen and oxygen atoms in total. The van der Waals surface area contributed by atoms with Crippen LogP contribution in [-0.4, -0.2) is 23.6 Å². The number of benzene rings is 2. The molecule has 3 heteroatoms. The van der Waals surface area contributed by atoms with Gasteiger partial charge in [0.2, 0.25) is 0 Å².